The van der Waals surface area contributed by atoms with E-state index in [0.29, 0.717) is 25.9 Å². The Morgan fingerprint density at radius 1 is 1.24 bits per heavy atom. The van der Waals surface area contributed by atoms with E-state index < -0.39 is 23.4 Å². The lowest BCUT2D eigenvalue weighted by Gasteiger charge is -2.38. The Kier molecular flexibility index (Phi) is 3.32. The highest BCUT2D eigenvalue weighted by molar-refractivity contribution is 5.91. The summed E-state index contributed by atoms with van der Waals surface area (Å²) < 4.78 is 43.6. The van der Waals surface area contributed by atoms with Gasteiger partial charge in [-0.25, -0.2) is 4.79 Å². The molecular formula is C14H15F3N2O2. The summed E-state index contributed by atoms with van der Waals surface area (Å²) in [4.78, 5) is 13.4. The summed E-state index contributed by atoms with van der Waals surface area (Å²) >= 11 is 0. The lowest BCUT2D eigenvalue weighted by atomic mass is 9.87. The standard InChI is InChI=1S/C14H15F3N2O2/c15-14(16,17)10-2-1-3-11(8-10)19-12(20)21-9-13(19)4-6-18-7-5-13/h1-3,8,18H,4-7,9H2. The van der Waals surface area contributed by atoms with Crippen molar-refractivity contribution in [3.8, 4) is 0 Å². The van der Waals surface area contributed by atoms with Gasteiger partial charge in [-0.05, 0) is 44.1 Å². The zero-order chi connectivity index (χ0) is 15.1. The van der Waals surface area contributed by atoms with Crippen LogP contribution in [0.1, 0.15) is 18.4 Å². The molecule has 0 saturated carbocycles. The van der Waals surface area contributed by atoms with Crippen molar-refractivity contribution in [1.82, 2.24) is 5.32 Å². The third-order valence-electron chi connectivity index (χ3n) is 4.09. The molecule has 1 aromatic carbocycles. The Morgan fingerprint density at radius 2 is 1.95 bits per heavy atom. The molecule has 3 rings (SSSR count). The summed E-state index contributed by atoms with van der Waals surface area (Å²) in [7, 11) is 0. The van der Waals surface area contributed by atoms with Gasteiger partial charge in [0.15, 0.2) is 0 Å². The van der Waals surface area contributed by atoms with Crippen LogP contribution in [0, 0.1) is 0 Å². The largest absolute Gasteiger partial charge is 0.447 e. The van der Waals surface area contributed by atoms with Gasteiger partial charge in [-0.15, -0.1) is 0 Å². The molecule has 4 nitrogen and oxygen atoms in total. The first-order valence-electron chi connectivity index (χ1n) is 6.77. The third-order valence-corrected chi connectivity index (χ3v) is 4.09. The molecule has 2 aliphatic heterocycles. The van der Waals surface area contributed by atoms with Crippen LogP contribution in [0.15, 0.2) is 24.3 Å². The van der Waals surface area contributed by atoms with Gasteiger partial charge in [0.2, 0.25) is 0 Å². The number of amides is 1. The molecule has 21 heavy (non-hydrogen) atoms. The van der Waals surface area contributed by atoms with E-state index in [1.165, 1.54) is 17.0 Å². The quantitative estimate of drug-likeness (QED) is 0.867. The van der Waals surface area contributed by atoms with Crippen molar-refractivity contribution in [3.05, 3.63) is 29.8 Å². The average Bonchev–Trinajstić information content (AvgIpc) is 2.75. The van der Waals surface area contributed by atoms with E-state index in [1.807, 2.05) is 0 Å². The number of alkyl halides is 3. The van der Waals surface area contributed by atoms with Crippen LogP contribution in [-0.2, 0) is 10.9 Å². The molecule has 2 saturated heterocycles. The predicted octanol–water partition coefficient (Wildman–Crippen LogP) is 2.78. The summed E-state index contributed by atoms with van der Waals surface area (Å²) in [5.41, 5.74) is -1.05. The number of ether oxygens (including phenoxy) is 1. The van der Waals surface area contributed by atoms with E-state index in [1.54, 1.807) is 0 Å². The van der Waals surface area contributed by atoms with Crippen LogP contribution in [0.2, 0.25) is 0 Å². The van der Waals surface area contributed by atoms with Crippen LogP contribution >= 0.6 is 0 Å². The van der Waals surface area contributed by atoms with E-state index >= 15 is 0 Å². The topological polar surface area (TPSA) is 41.6 Å². The molecule has 0 unspecified atom stereocenters. The Hall–Kier alpha value is -1.76. The zero-order valence-electron chi connectivity index (χ0n) is 11.2. The summed E-state index contributed by atoms with van der Waals surface area (Å²) in [6.07, 6.45) is -3.68. The average molecular weight is 300 g/mol. The van der Waals surface area contributed by atoms with Crippen molar-refractivity contribution in [3.63, 3.8) is 0 Å². The summed E-state index contributed by atoms with van der Waals surface area (Å²) in [6, 6.07) is 4.85. The second kappa shape index (κ2) is 4.91. The van der Waals surface area contributed by atoms with Crippen LogP contribution in [0.25, 0.3) is 0 Å². The van der Waals surface area contributed by atoms with Crippen LogP contribution in [-0.4, -0.2) is 31.3 Å². The van der Waals surface area contributed by atoms with E-state index in [2.05, 4.69) is 5.32 Å². The maximum Gasteiger partial charge on any atom is 0.416 e. The molecule has 1 spiro atoms. The van der Waals surface area contributed by atoms with Crippen molar-refractivity contribution in [2.24, 2.45) is 0 Å². The van der Waals surface area contributed by atoms with Gasteiger partial charge in [0.1, 0.15) is 6.61 Å². The van der Waals surface area contributed by atoms with Crippen molar-refractivity contribution in [2.45, 2.75) is 24.6 Å². The first-order valence-corrected chi connectivity index (χ1v) is 6.77. The van der Waals surface area contributed by atoms with Gasteiger partial charge in [0.05, 0.1) is 11.1 Å². The Labute approximate surface area is 119 Å². The molecule has 0 aromatic heterocycles. The van der Waals surface area contributed by atoms with Gasteiger partial charge in [0.25, 0.3) is 0 Å². The fourth-order valence-corrected chi connectivity index (χ4v) is 2.98. The van der Waals surface area contributed by atoms with Gasteiger partial charge < -0.3 is 10.1 Å². The molecule has 0 bridgehead atoms. The van der Waals surface area contributed by atoms with Gasteiger partial charge >= 0.3 is 12.3 Å². The second-order valence-electron chi connectivity index (χ2n) is 5.41. The molecule has 7 heteroatoms. The minimum Gasteiger partial charge on any atom is -0.447 e. The first-order chi connectivity index (χ1) is 9.92. The fourth-order valence-electron chi connectivity index (χ4n) is 2.98. The Bertz CT molecular complexity index is 553. The van der Waals surface area contributed by atoms with Crippen LogP contribution in [0.3, 0.4) is 0 Å². The predicted molar refractivity (Wildman–Crippen MR) is 70.1 cm³/mol. The minimum absolute atomic E-state index is 0.226. The normalized spacial score (nSPS) is 21.7. The minimum atomic E-state index is -4.43. The molecule has 114 valence electrons. The number of cyclic esters (lactones) is 1. The number of nitrogens with zero attached hydrogens (tertiary/aromatic N) is 1. The number of carbonyl (C=O) groups excluding carboxylic acids is 1. The third kappa shape index (κ3) is 2.46. The number of hydrogen-bond donors (Lipinski definition) is 1. The molecule has 2 fully saturated rings. The lowest BCUT2D eigenvalue weighted by molar-refractivity contribution is -0.137. The highest BCUT2D eigenvalue weighted by Gasteiger charge is 2.49. The maximum atomic E-state index is 12.8. The number of hydrogen-bond acceptors (Lipinski definition) is 3. The maximum absolute atomic E-state index is 12.8. The molecule has 1 amide bonds. The van der Waals surface area contributed by atoms with Crippen LogP contribution in [0.5, 0.6) is 0 Å². The van der Waals surface area contributed by atoms with Gasteiger partial charge in [0, 0.05) is 5.69 Å². The van der Waals surface area contributed by atoms with Gasteiger partial charge in [-0.2, -0.15) is 13.2 Å². The summed E-state index contributed by atoms with van der Waals surface area (Å²) in [6.45, 7) is 1.65. The molecule has 1 N–H and O–H groups in total. The highest BCUT2D eigenvalue weighted by atomic mass is 19.4. The summed E-state index contributed by atoms with van der Waals surface area (Å²) in [5.74, 6) is 0. The Balaban J connectivity index is 1.99. The number of piperidine rings is 1. The first kappa shape index (κ1) is 14.2. The van der Waals surface area contributed by atoms with Crippen LogP contribution in [0.4, 0.5) is 23.7 Å². The summed E-state index contributed by atoms with van der Waals surface area (Å²) in [5, 5.41) is 3.18. The molecule has 0 atom stereocenters. The molecule has 0 aliphatic carbocycles. The SMILES string of the molecule is O=C1OCC2(CCNCC2)N1c1cccc(C(F)(F)F)c1. The van der Waals surface area contributed by atoms with Gasteiger partial charge in [-0.1, -0.05) is 6.07 Å². The number of rotatable bonds is 1. The van der Waals surface area contributed by atoms with Crippen molar-refractivity contribution >= 4 is 11.8 Å². The number of halogens is 3. The monoisotopic (exact) mass is 300 g/mol. The molecule has 2 heterocycles. The van der Waals surface area contributed by atoms with Gasteiger partial charge in [-0.3, -0.25) is 4.90 Å². The highest BCUT2D eigenvalue weighted by Crippen LogP contribution is 2.39. The number of nitrogens with one attached hydrogen (secondary N) is 1. The lowest BCUT2D eigenvalue weighted by Crippen LogP contribution is -2.53. The molecular weight excluding hydrogens is 285 g/mol. The van der Waals surface area contributed by atoms with E-state index in [-0.39, 0.29) is 12.3 Å². The number of carbonyl (C=O) groups is 1. The molecule has 1 aromatic rings. The molecule has 0 radical (unpaired) electrons. The van der Waals surface area contributed by atoms with E-state index in [9.17, 15) is 18.0 Å². The second-order valence-corrected chi connectivity index (χ2v) is 5.41. The Morgan fingerprint density at radius 3 is 2.62 bits per heavy atom. The zero-order valence-corrected chi connectivity index (χ0v) is 11.2. The van der Waals surface area contributed by atoms with E-state index in [0.717, 1.165) is 12.1 Å². The smallest absolute Gasteiger partial charge is 0.416 e. The van der Waals surface area contributed by atoms with Crippen molar-refractivity contribution in [2.75, 3.05) is 24.6 Å². The van der Waals surface area contributed by atoms with Crippen LogP contribution < -0.4 is 10.2 Å². The molecule has 2 aliphatic rings. The van der Waals surface area contributed by atoms with Crippen molar-refractivity contribution in [1.29, 1.82) is 0 Å². The van der Waals surface area contributed by atoms with Crippen molar-refractivity contribution < 1.29 is 22.7 Å². The van der Waals surface area contributed by atoms with E-state index in [4.69, 9.17) is 4.74 Å². The fraction of sp³-hybridized carbons (Fsp3) is 0.500. The number of anilines is 1. The number of benzene rings is 1.